The van der Waals surface area contributed by atoms with Gasteiger partial charge in [-0.05, 0) is 30.4 Å². The summed E-state index contributed by atoms with van der Waals surface area (Å²) < 4.78 is 5.02. The Morgan fingerprint density at radius 1 is 1.33 bits per heavy atom. The minimum atomic E-state index is 0.748. The summed E-state index contributed by atoms with van der Waals surface area (Å²) in [5, 5.41) is 3.34. The first kappa shape index (κ1) is 16.2. The number of anilines is 1. The third kappa shape index (κ3) is 5.29. The van der Waals surface area contributed by atoms with Crippen molar-refractivity contribution in [2.45, 2.75) is 39.2 Å². The van der Waals surface area contributed by atoms with E-state index in [0.29, 0.717) is 0 Å². The van der Waals surface area contributed by atoms with Crippen molar-refractivity contribution in [2.24, 2.45) is 5.92 Å². The zero-order chi connectivity index (χ0) is 14.9. The molecule has 0 saturated carbocycles. The minimum Gasteiger partial charge on any atom is -0.383 e. The van der Waals surface area contributed by atoms with Crippen LogP contribution in [0.15, 0.2) is 18.3 Å². The lowest BCUT2D eigenvalue weighted by Crippen LogP contribution is -2.34. The van der Waals surface area contributed by atoms with Crippen LogP contribution >= 0.6 is 0 Å². The van der Waals surface area contributed by atoms with Crippen molar-refractivity contribution in [1.82, 2.24) is 10.3 Å². The molecule has 1 aliphatic heterocycles. The van der Waals surface area contributed by atoms with Gasteiger partial charge in [-0.3, -0.25) is 0 Å². The molecule has 0 radical (unpaired) electrons. The average Bonchev–Trinajstić information content (AvgIpc) is 2.53. The third-order valence-corrected chi connectivity index (χ3v) is 4.26. The lowest BCUT2D eigenvalue weighted by molar-refractivity contribution is 0.199. The molecule has 2 rings (SSSR count). The van der Waals surface area contributed by atoms with Gasteiger partial charge in [0.05, 0.1) is 6.61 Å². The molecule has 0 amide bonds. The van der Waals surface area contributed by atoms with Gasteiger partial charge in [0.15, 0.2) is 0 Å². The lowest BCUT2D eigenvalue weighted by atomic mass is 9.92. The van der Waals surface area contributed by atoms with E-state index in [2.05, 4.69) is 34.3 Å². The third-order valence-electron chi connectivity index (χ3n) is 4.26. The van der Waals surface area contributed by atoms with Gasteiger partial charge in [0.25, 0.3) is 0 Å². The van der Waals surface area contributed by atoms with Crippen LogP contribution in [0.5, 0.6) is 0 Å². The fourth-order valence-electron chi connectivity index (χ4n) is 2.97. The lowest BCUT2D eigenvalue weighted by Gasteiger charge is -2.32. The van der Waals surface area contributed by atoms with E-state index in [1.165, 1.54) is 31.2 Å². The van der Waals surface area contributed by atoms with Crippen molar-refractivity contribution in [3.8, 4) is 0 Å². The van der Waals surface area contributed by atoms with E-state index in [4.69, 9.17) is 4.74 Å². The SMILES string of the molecule is CCCC1CCN(c2ccc(CNCCOC)cn2)CC1. The Morgan fingerprint density at radius 2 is 2.14 bits per heavy atom. The van der Waals surface area contributed by atoms with E-state index >= 15 is 0 Å². The monoisotopic (exact) mass is 291 g/mol. The topological polar surface area (TPSA) is 37.4 Å². The smallest absolute Gasteiger partial charge is 0.128 e. The highest BCUT2D eigenvalue weighted by molar-refractivity contribution is 5.39. The van der Waals surface area contributed by atoms with Gasteiger partial charge in [0, 0.05) is 39.5 Å². The van der Waals surface area contributed by atoms with Crippen LogP contribution in [0.2, 0.25) is 0 Å². The Kier molecular flexibility index (Phi) is 6.96. The van der Waals surface area contributed by atoms with Gasteiger partial charge in [0.1, 0.15) is 5.82 Å². The van der Waals surface area contributed by atoms with Crippen molar-refractivity contribution < 1.29 is 4.74 Å². The highest BCUT2D eigenvalue weighted by atomic mass is 16.5. The zero-order valence-electron chi connectivity index (χ0n) is 13.5. The van der Waals surface area contributed by atoms with E-state index in [1.54, 1.807) is 7.11 Å². The van der Waals surface area contributed by atoms with Crippen molar-refractivity contribution in [1.29, 1.82) is 0 Å². The fraction of sp³-hybridized carbons (Fsp3) is 0.706. The second-order valence-corrected chi connectivity index (χ2v) is 5.91. The van der Waals surface area contributed by atoms with Crippen LogP contribution in [0.1, 0.15) is 38.2 Å². The molecule has 1 N–H and O–H groups in total. The van der Waals surface area contributed by atoms with E-state index in [-0.39, 0.29) is 0 Å². The van der Waals surface area contributed by atoms with Gasteiger partial charge < -0.3 is 15.0 Å². The van der Waals surface area contributed by atoms with Crippen LogP contribution < -0.4 is 10.2 Å². The predicted octanol–water partition coefficient (Wildman–Crippen LogP) is 2.83. The van der Waals surface area contributed by atoms with Gasteiger partial charge in [-0.15, -0.1) is 0 Å². The molecule has 0 bridgehead atoms. The summed E-state index contributed by atoms with van der Waals surface area (Å²) in [6.07, 6.45) is 7.32. The van der Waals surface area contributed by atoms with Gasteiger partial charge in [-0.25, -0.2) is 4.98 Å². The quantitative estimate of drug-likeness (QED) is 0.747. The Hall–Kier alpha value is -1.13. The Labute approximate surface area is 128 Å². The second-order valence-electron chi connectivity index (χ2n) is 5.91. The van der Waals surface area contributed by atoms with Crippen LogP contribution in [0.4, 0.5) is 5.82 Å². The van der Waals surface area contributed by atoms with Crippen molar-refractivity contribution in [2.75, 3.05) is 38.3 Å². The van der Waals surface area contributed by atoms with E-state index in [0.717, 1.165) is 44.5 Å². The first-order valence-corrected chi connectivity index (χ1v) is 8.23. The summed E-state index contributed by atoms with van der Waals surface area (Å²) in [4.78, 5) is 7.05. The molecule has 1 saturated heterocycles. The normalized spacial score (nSPS) is 16.4. The molecule has 1 aromatic heterocycles. The van der Waals surface area contributed by atoms with Crippen LogP contribution in [0.25, 0.3) is 0 Å². The first-order valence-electron chi connectivity index (χ1n) is 8.23. The summed E-state index contributed by atoms with van der Waals surface area (Å²) >= 11 is 0. The Morgan fingerprint density at radius 3 is 2.76 bits per heavy atom. The first-order chi connectivity index (χ1) is 10.3. The molecule has 0 unspecified atom stereocenters. The van der Waals surface area contributed by atoms with Crippen molar-refractivity contribution in [3.05, 3.63) is 23.9 Å². The maximum absolute atomic E-state index is 5.02. The zero-order valence-corrected chi connectivity index (χ0v) is 13.5. The van der Waals surface area contributed by atoms with Crippen molar-refractivity contribution >= 4 is 5.82 Å². The summed E-state index contributed by atoms with van der Waals surface area (Å²) in [7, 11) is 1.72. The molecule has 4 heteroatoms. The number of aromatic nitrogens is 1. The van der Waals surface area contributed by atoms with E-state index in [1.807, 2.05) is 6.20 Å². The van der Waals surface area contributed by atoms with Gasteiger partial charge >= 0.3 is 0 Å². The summed E-state index contributed by atoms with van der Waals surface area (Å²) in [6, 6.07) is 4.34. The molecule has 1 aromatic rings. The Bertz CT molecular complexity index is 386. The number of hydrogen-bond acceptors (Lipinski definition) is 4. The van der Waals surface area contributed by atoms with Gasteiger partial charge in [-0.1, -0.05) is 25.8 Å². The molecule has 2 heterocycles. The largest absolute Gasteiger partial charge is 0.383 e. The molecule has 0 atom stereocenters. The molecule has 0 aliphatic carbocycles. The van der Waals surface area contributed by atoms with E-state index < -0.39 is 0 Å². The average molecular weight is 291 g/mol. The van der Waals surface area contributed by atoms with Crippen LogP contribution in [0.3, 0.4) is 0 Å². The number of ether oxygens (including phenoxy) is 1. The molecule has 1 aliphatic rings. The fourth-order valence-corrected chi connectivity index (χ4v) is 2.97. The van der Waals surface area contributed by atoms with E-state index in [9.17, 15) is 0 Å². The summed E-state index contributed by atoms with van der Waals surface area (Å²) in [5.74, 6) is 2.06. The molecular weight excluding hydrogens is 262 g/mol. The van der Waals surface area contributed by atoms with Crippen LogP contribution in [-0.2, 0) is 11.3 Å². The highest BCUT2D eigenvalue weighted by Crippen LogP contribution is 2.24. The number of methoxy groups -OCH3 is 1. The maximum Gasteiger partial charge on any atom is 0.128 e. The van der Waals surface area contributed by atoms with Crippen LogP contribution in [-0.4, -0.2) is 38.3 Å². The summed E-state index contributed by atoms with van der Waals surface area (Å²) in [6.45, 7) is 7.08. The second kappa shape index (κ2) is 9.00. The van der Waals surface area contributed by atoms with Gasteiger partial charge in [-0.2, -0.15) is 0 Å². The highest BCUT2D eigenvalue weighted by Gasteiger charge is 2.19. The Balaban J connectivity index is 1.77. The number of nitrogens with zero attached hydrogens (tertiary/aromatic N) is 2. The standard InChI is InChI=1S/C17H29N3O/c1-3-4-15-7-10-20(11-8-15)17-6-5-16(14-19-17)13-18-9-12-21-2/h5-6,14-15,18H,3-4,7-13H2,1-2H3. The molecule has 118 valence electrons. The maximum atomic E-state index is 5.02. The van der Waals surface area contributed by atoms with Crippen LogP contribution in [0, 0.1) is 5.92 Å². The van der Waals surface area contributed by atoms with Crippen molar-refractivity contribution in [3.63, 3.8) is 0 Å². The minimum absolute atomic E-state index is 0.748. The number of piperidine rings is 1. The predicted molar refractivity (Wildman–Crippen MR) is 87.7 cm³/mol. The number of nitrogens with one attached hydrogen (secondary N) is 1. The molecule has 1 fully saturated rings. The van der Waals surface area contributed by atoms with Gasteiger partial charge in [0.2, 0.25) is 0 Å². The molecule has 21 heavy (non-hydrogen) atoms. The number of pyridine rings is 1. The number of rotatable bonds is 8. The molecule has 0 spiro atoms. The molecule has 4 nitrogen and oxygen atoms in total. The number of hydrogen-bond donors (Lipinski definition) is 1. The molecule has 0 aromatic carbocycles. The molecular formula is C17H29N3O. The summed E-state index contributed by atoms with van der Waals surface area (Å²) in [5.41, 5.74) is 1.23.